The van der Waals surface area contributed by atoms with Crippen molar-refractivity contribution < 1.29 is 9.90 Å². The number of rotatable bonds is 0. The molecule has 2 aliphatic heterocycles. The van der Waals surface area contributed by atoms with Gasteiger partial charge in [-0.2, -0.15) is 5.10 Å². The zero-order valence-corrected chi connectivity index (χ0v) is 11.2. The second-order valence-electron chi connectivity index (χ2n) is 4.57. The summed E-state index contributed by atoms with van der Waals surface area (Å²) in [5, 5.41) is 17.7. The maximum Gasteiger partial charge on any atom is 0.273 e. The summed E-state index contributed by atoms with van der Waals surface area (Å²) >= 11 is 4.95. The fourth-order valence-electron chi connectivity index (χ4n) is 2.45. The van der Waals surface area contributed by atoms with Crippen molar-refractivity contribution in [1.82, 2.24) is 10.7 Å². The van der Waals surface area contributed by atoms with E-state index in [9.17, 15) is 9.90 Å². The Balaban J connectivity index is 2.28. The summed E-state index contributed by atoms with van der Waals surface area (Å²) in [6.45, 7) is 3.32. The van der Waals surface area contributed by atoms with E-state index in [1.54, 1.807) is 6.07 Å². The fraction of sp³-hybridized carbons (Fsp3) is 0.250. The van der Waals surface area contributed by atoms with Crippen LogP contribution in [0.25, 0.3) is 0 Å². The molecule has 0 aliphatic carbocycles. The Bertz CT molecular complexity index is 643. The minimum Gasteiger partial charge on any atom is -0.349 e. The molecule has 3 N–H and O–H groups in total. The summed E-state index contributed by atoms with van der Waals surface area (Å²) in [6, 6.07) is 5.54. The third-order valence-electron chi connectivity index (χ3n) is 3.17. The highest BCUT2D eigenvalue weighted by Crippen LogP contribution is 2.38. The summed E-state index contributed by atoms with van der Waals surface area (Å²) in [5.74, 6) is -2.01. The number of carbonyl (C=O) groups is 1. The van der Waals surface area contributed by atoms with Crippen LogP contribution in [0.4, 0.5) is 5.69 Å². The lowest BCUT2D eigenvalue weighted by atomic mass is 10.1. The second kappa shape index (κ2) is 3.75. The number of aliphatic hydroxyl groups is 1. The summed E-state index contributed by atoms with van der Waals surface area (Å²) in [4.78, 5) is 13.1. The van der Waals surface area contributed by atoms with E-state index < -0.39 is 5.85 Å². The van der Waals surface area contributed by atoms with Crippen molar-refractivity contribution in [1.29, 1.82) is 0 Å². The normalized spacial score (nSPS) is 24.1. The molecule has 6 nitrogen and oxygen atoms in total. The van der Waals surface area contributed by atoms with Gasteiger partial charge in [-0.15, -0.1) is 0 Å². The number of anilines is 1. The van der Waals surface area contributed by atoms with Gasteiger partial charge in [-0.05, 0) is 31.3 Å². The predicted molar refractivity (Wildman–Crippen MR) is 74.7 cm³/mol. The van der Waals surface area contributed by atoms with Crippen molar-refractivity contribution in [3.8, 4) is 0 Å². The van der Waals surface area contributed by atoms with Crippen LogP contribution in [0.15, 0.2) is 23.3 Å². The molecule has 2 heterocycles. The number of hydrazone groups is 1. The van der Waals surface area contributed by atoms with Crippen molar-refractivity contribution >= 4 is 34.6 Å². The number of nitrogens with one attached hydrogen (secondary N) is 2. The Labute approximate surface area is 115 Å². The maximum absolute atomic E-state index is 11.9. The first-order chi connectivity index (χ1) is 8.93. The van der Waals surface area contributed by atoms with E-state index in [-0.39, 0.29) is 11.0 Å². The first-order valence-electron chi connectivity index (χ1n) is 5.74. The minimum atomic E-state index is -1.72. The van der Waals surface area contributed by atoms with Gasteiger partial charge in [0.2, 0.25) is 5.91 Å². The number of fused-ring (bicyclic) bond motifs is 3. The van der Waals surface area contributed by atoms with E-state index in [0.29, 0.717) is 17.0 Å². The molecule has 0 radical (unpaired) electrons. The Morgan fingerprint density at radius 3 is 2.95 bits per heavy atom. The topological polar surface area (TPSA) is 77.0 Å². The van der Waals surface area contributed by atoms with Crippen LogP contribution in [0.5, 0.6) is 0 Å². The van der Waals surface area contributed by atoms with Crippen LogP contribution in [0.1, 0.15) is 18.1 Å². The number of hydrogen-bond acceptors (Lipinski definition) is 4. The molecule has 0 aromatic heterocycles. The molecule has 1 amide bonds. The van der Waals surface area contributed by atoms with Crippen LogP contribution in [0.3, 0.4) is 0 Å². The van der Waals surface area contributed by atoms with Gasteiger partial charge in [-0.3, -0.25) is 15.1 Å². The zero-order chi connectivity index (χ0) is 13.8. The predicted octanol–water partition coefficient (Wildman–Crippen LogP) is 0.189. The number of benzene rings is 1. The molecule has 3 rings (SSSR count). The third-order valence-corrected chi connectivity index (χ3v) is 3.37. The van der Waals surface area contributed by atoms with Crippen LogP contribution in [0.2, 0.25) is 0 Å². The number of nitrogens with zero attached hydrogens (tertiary/aromatic N) is 2. The molecule has 19 heavy (non-hydrogen) atoms. The molecule has 1 aromatic carbocycles. The number of amides is 1. The number of thiocarbonyl (C=S) groups is 1. The average molecular weight is 276 g/mol. The lowest BCUT2D eigenvalue weighted by Crippen LogP contribution is -2.68. The number of carbonyl (C=O) groups excluding carboxylic acids is 1. The first kappa shape index (κ1) is 12.1. The van der Waals surface area contributed by atoms with Gasteiger partial charge in [0, 0.05) is 12.5 Å². The van der Waals surface area contributed by atoms with Crippen LogP contribution < -0.4 is 15.6 Å². The average Bonchev–Trinajstić information content (AvgIpc) is 2.55. The van der Waals surface area contributed by atoms with Crippen molar-refractivity contribution in [3.63, 3.8) is 0 Å². The van der Waals surface area contributed by atoms with Crippen molar-refractivity contribution in [2.24, 2.45) is 5.10 Å². The van der Waals surface area contributed by atoms with Crippen molar-refractivity contribution in [3.05, 3.63) is 29.3 Å². The highest BCUT2D eigenvalue weighted by atomic mass is 32.1. The smallest absolute Gasteiger partial charge is 0.273 e. The van der Waals surface area contributed by atoms with Crippen molar-refractivity contribution in [2.75, 3.05) is 4.90 Å². The van der Waals surface area contributed by atoms with E-state index in [1.165, 1.54) is 11.8 Å². The van der Waals surface area contributed by atoms with Gasteiger partial charge in [0.05, 0.1) is 5.69 Å². The SMILES string of the molecule is CC(=O)N1c2ccc(C)cc2C2=NNC(=S)NC21O. The zero-order valence-electron chi connectivity index (χ0n) is 10.4. The molecule has 7 heteroatoms. The van der Waals surface area contributed by atoms with Crippen LogP contribution in [0, 0.1) is 6.92 Å². The lowest BCUT2D eigenvalue weighted by molar-refractivity contribution is -0.119. The molecule has 0 fully saturated rings. The van der Waals surface area contributed by atoms with E-state index >= 15 is 0 Å². The number of aryl methyl sites for hydroxylation is 1. The molecular formula is C12H12N4O2S. The summed E-state index contributed by atoms with van der Waals surface area (Å²) in [5.41, 5.74) is 5.29. The fourth-order valence-corrected chi connectivity index (χ4v) is 2.63. The summed E-state index contributed by atoms with van der Waals surface area (Å²) < 4.78 is 0. The Morgan fingerprint density at radius 1 is 1.53 bits per heavy atom. The molecule has 98 valence electrons. The van der Waals surface area contributed by atoms with Gasteiger partial charge in [-0.1, -0.05) is 11.6 Å². The Kier molecular flexibility index (Phi) is 2.38. The molecular weight excluding hydrogens is 264 g/mol. The maximum atomic E-state index is 11.9. The quantitative estimate of drug-likeness (QED) is 0.590. The van der Waals surface area contributed by atoms with E-state index in [1.807, 2.05) is 19.1 Å². The largest absolute Gasteiger partial charge is 0.349 e. The van der Waals surface area contributed by atoms with E-state index in [0.717, 1.165) is 5.56 Å². The molecule has 2 aliphatic rings. The molecule has 0 bridgehead atoms. The summed E-state index contributed by atoms with van der Waals surface area (Å²) in [6.07, 6.45) is 0. The highest BCUT2D eigenvalue weighted by Gasteiger charge is 2.52. The second-order valence-corrected chi connectivity index (χ2v) is 4.98. The summed E-state index contributed by atoms with van der Waals surface area (Å²) in [7, 11) is 0. The first-order valence-corrected chi connectivity index (χ1v) is 6.15. The van der Waals surface area contributed by atoms with Gasteiger partial charge < -0.3 is 10.4 Å². The number of hydrogen-bond donors (Lipinski definition) is 3. The lowest BCUT2D eigenvalue weighted by Gasteiger charge is -2.36. The van der Waals surface area contributed by atoms with Gasteiger partial charge in [0.15, 0.2) is 5.11 Å². The monoisotopic (exact) mass is 276 g/mol. The van der Waals surface area contributed by atoms with E-state index in [2.05, 4.69) is 15.8 Å². The standard InChI is InChI=1S/C12H12N4O2S/c1-6-3-4-9-8(5-6)10-12(18,16(9)7(2)17)13-11(19)15-14-10/h3-5,18H,1-2H3,(H2,13,15,19). The highest BCUT2D eigenvalue weighted by molar-refractivity contribution is 7.80. The Morgan fingerprint density at radius 2 is 2.26 bits per heavy atom. The van der Waals surface area contributed by atoms with Crippen LogP contribution in [-0.2, 0) is 4.79 Å². The van der Waals surface area contributed by atoms with E-state index in [4.69, 9.17) is 12.2 Å². The molecule has 1 aromatic rings. The molecule has 1 unspecified atom stereocenters. The van der Waals surface area contributed by atoms with Gasteiger partial charge in [0.25, 0.3) is 5.85 Å². The van der Waals surface area contributed by atoms with Crippen molar-refractivity contribution in [2.45, 2.75) is 19.7 Å². The molecule has 1 atom stereocenters. The minimum absolute atomic E-state index is 0.169. The van der Waals surface area contributed by atoms with Gasteiger partial charge in [0.1, 0.15) is 5.71 Å². The molecule has 0 saturated heterocycles. The molecule has 0 saturated carbocycles. The molecule has 0 spiro atoms. The Hall–Kier alpha value is -1.99. The third kappa shape index (κ3) is 1.55. The van der Waals surface area contributed by atoms with Crippen LogP contribution in [-0.4, -0.2) is 27.7 Å². The van der Waals surface area contributed by atoms with Crippen LogP contribution >= 0.6 is 12.2 Å². The van der Waals surface area contributed by atoms with Gasteiger partial charge >= 0.3 is 0 Å². The van der Waals surface area contributed by atoms with Gasteiger partial charge in [-0.25, -0.2) is 0 Å².